The molecule has 0 saturated heterocycles. The lowest BCUT2D eigenvalue weighted by Crippen LogP contribution is -1.93. The lowest BCUT2D eigenvalue weighted by Gasteiger charge is -1.97. The van der Waals surface area contributed by atoms with E-state index in [1.807, 2.05) is 36.5 Å². The molecule has 0 aliphatic heterocycles. The zero-order valence-corrected chi connectivity index (χ0v) is 11.1. The number of imidazole rings is 1. The fourth-order valence-electron chi connectivity index (χ4n) is 2.41. The molecule has 0 radical (unpaired) electrons. The van der Waals surface area contributed by atoms with Gasteiger partial charge in [-0.25, -0.2) is 4.98 Å². The van der Waals surface area contributed by atoms with E-state index in [0.717, 1.165) is 16.5 Å². The van der Waals surface area contributed by atoms with Gasteiger partial charge in [0, 0.05) is 11.6 Å². The highest BCUT2D eigenvalue weighted by atomic mass is 35.5. The fraction of sp³-hybridized carbons (Fsp3) is 0. The van der Waals surface area contributed by atoms with Crippen LogP contribution in [-0.2, 0) is 0 Å². The second kappa shape index (κ2) is 4.02. The van der Waals surface area contributed by atoms with Crippen LogP contribution in [-0.4, -0.2) is 9.38 Å². The number of pyridine rings is 1. The van der Waals surface area contributed by atoms with Crippen molar-refractivity contribution in [2.24, 2.45) is 0 Å². The molecule has 0 atom stereocenters. The predicted octanol–water partition coefficient (Wildman–Crippen LogP) is 3.98. The van der Waals surface area contributed by atoms with Crippen LogP contribution in [0, 0.1) is 0 Å². The summed E-state index contributed by atoms with van der Waals surface area (Å²) in [4.78, 5) is 4.55. The van der Waals surface area contributed by atoms with Crippen LogP contribution in [0.2, 0.25) is 5.02 Å². The van der Waals surface area contributed by atoms with Gasteiger partial charge in [0.05, 0.1) is 10.6 Å². The van der Waals surface area contributed by atoms with Crippen molar-refractivity contribution in [2.45, 2.75) is 0 Å². The van der Waals surface area contributed by atoms with Crippen molar-refractivity contribution in [3.8, 4) is 11.3 Å². The van der Waals surface area contributed by atoms with Gasteiger partial charge in [-0.05, 0) is 18.2 Å². The third kappa shape index (κ3) is 1.45. The molecule has 0 aliphatic rings. The van der Waals surface area contributed by atoms with Gasteiger partial charge in [-0.15, -0.1) is 0 Å². The number of halogens is 1. The van der Waals surface area contributed by atoms with Crippen molar-refractivity contribution in [2.75, 3.05) is 5.73 Å². The number of nitrogen functional groups attached to an aromatic ring is 1. The molecule has 4 nitrogen and oxygen atoms in total. The highest BCUT2D eigenvalue weighted by Crippen LogP contribution is 2.34. The van der Waals surface area contributed by atoms with E-state index in [-0.39, 0.29) is 0 Å². The molecular weight excluding hydrogens is 274 g/mol. The number of nitrogens with zero attached hydrogens (tertiary/aromatic N) is 2. The number of hydrogen-bond donors (Lipinski definition) is 1. The molecule has 3 aromatic heterocycles. The van der Waals surface area contributed by atoms with Gasteiger partial charge in [-0.2, -0.15) is 0 Å². The zero-order chi connectivity index (χ0) is 13.7. The highest BCUT2D eigenvalue weighted by Gasteiger charge is 2.17. The first-order valence-corrected chi connectivity index (χ1v) is 6.52. The maximum absolute atomic E-state index is 6.19. The van der Waals surface area contributed by atoms with Crippen LogP contribution >= 0.6 is 11.6 Å². The van der Waals surface area contributed by atoms with E-state index in [0.29, 0.717) is 22.2 Å². The number of fused-ring (bicyclic) bond motifs is 2. The minimum Gasteiger partial charge on any atom is -0.464 e. The van der Waals surface area contributed by atoms with E-state index in [4.69, 9.17) is 21.8 Å². The van der Waals surface area contributed by atoms with Crippen molar-refractivity contribution in [3.63, 3.8) is 0 Å². The minimum absolute atomic E-state index is 0.550. The molecule has 98 valence electrons. The van der Waals surface area contributed by atoms with Crippen LogP contribution in [0.15, 0.2) is 53.3 Å². The molecule has 0 saturated carbocycles. The predicted molar refractivity (Wildman–Crippen MR) is 79.8 cm³/mol. The monoisotopic (exact) mass is 283 g/mol. The molecule has 0 unspecified atom stereocenters. The normalized spacial score (nSPS) is 11.4. The Labute approximate surface area is 119 Å². The topological polar surface area (TPSA) is 56.5 Å². The summed E-state index contributed by atoms with van der Waals surface area (Å²) in [5.41, 5.74) is 9.20. The molecule has 0 bridgehead atoms. The molecule has 1 aromatic carbocycles. The molecule has 4 rings (SSSR count). The summed E-state index contributed by atoms with van der Waals surface area (Å²) in [7, 11) is 0. The Hall–Kier alpha value is -2.46. The molecule has 4 aromatic rings. The van der Waals surface area contributed by atoms with E-state index in [1.165, 1.54) is 0 Å². The number of nitrogens with two attached hydrogens (primary N) is 1. The standard InChI is InChI=1S/C15H10ClN3O/c16-11-5-3-7-19-14(17)13(18-15(11)19)10-8-20-12-6-2-1-4-9(10)12/h1-8H,17H2. The van der Waals surface area contributed by atoms with Gasteiger partial charge >= 0.3 is 0 Å². The van der Waals surface area contributed by atoms with Crippen LogP contribution in [0.1, 0.15) is 0 Å². The number of aromatic nitrogens is 2. The van der Waals surface area contributed by atoms with Crippen molar-refractivity contribution >= 4 is 34.0 Å². The van der Waals surface area contributed by atoms with Crippen molar-refractivity contribution in [1.82, 2.24) is 9.38 Å². The summed E-state index contributed by atoms with van der Waals surface area (Å²) in [6.07, 6.45) is 3.52. The van der Waals surface area contributed by atoms with Crippen molar-refractivity contribution in [1.29, 1.82) is 0 Å². The number of anilines is 1. The molecular formula is C15H10ClN3O. The van der Waals surface area contributed by atoms with Crippen LogP contribution in [0.4, 0.5) is 5.82 Å². The average Bonchev–Trinajstić information content (AvgIpc) is 3.02. The quantitative estimate of drug-likeness (QED) is 0.575. The molecule has 0 aliphatic carbocycles. The summed E-state index contributed by atoms with van der Waals surface area (Å²) in [5.74, 6) is 0.550. The smallest absolute Gasteiger partial charge is 0.157 e. The number of furan rings is 1. The van der Waals surface area contributed by atoms with Crippen LogP contribution < -0.4 is 5.73 Å². The third-order valence-corrected chi connectivity index (χ3v) is 3.67. The lowest BCUT2D eigenvalue weighted by atomic mass is 10.1. The number of rotatable bonds is 1. The summed E-state index contributed by atoms with van der Waals surface area (Å²) in [6.45, 7) is 0. The molecule has 0 amide bonds. The van der Waals surface area contributed by atoms with E-state index < -0.39 is 0 Å². The van der Waals surface area contributed by atoms with Gasteiger partial charge in [0.1, 0.15) is 23.4 Å². The highest BCUT2D eigenvalue weighted by molar-refractivity contribution is 6.33. The van der Waals surface area contributed by atoms with Gasteiger partial charge in [-0.3, -0.25) is 4.40 Å². The van der Waals surface area contributed by atoms with Crippen molar-refractivity contribution < 1.29 is 4.42 Å². The first-order chi connectivity index (χ1) is 9.75. The molecule has 0 fully saturated rings. The van der Waals surface area contributed by atoms with Gasteiger partial charge in [0.25, 0.3) is 0 Å². The average molecular weight is 284 g/mol. The lowest BCUT2D eigenvalue weighted by molar-refractivity contribution is 0.617. The van der Waals surface area contributed by atoms with E-state index in [9.17, 15) is 0 Å². The molecule has 3 heterocycles. The SMILES string of the molecule is Nc1c(-c2coc3ccccc23)nc2c(Cl)cccn12. The van der Waals surface area contributed by atoms with E-state index >= 15 is 0 Å². The molecule has 2 N–H and O–H groups in total. The van der Waals surface area contributed by atoms with E-state index in [2.05, 4.69) is 4.98 Å². The largest absolute Gasteiger partial charge is 0.464 e. The summed E-state index contributed by atoms with van der Waals surface area (Å²) >= 11 is 6.16. The van der Waals surface area contributed by atoms with E-state index in [1.54, 1.807) is 16.7 Å². The van der Waals surface area contributed by atoms with Gasteiger partial charge in [-0.1, -0.05) is 29.8 Å². The Morgan fingerprint density at radius 3 is 2.85 bits per heavy atom. The number of hydrogen-bond acceptors (Lipinski definition) is 3. The van der Waals surface area contributed by atoms with Crippen LogP contribution in [0.25, 0.3) is 27.9 Å². The summed E-state index contributed by atoms with van der Waals surface area (Å²) < 4.78 is 7.32. The van der Waals surface area contributed by atoms with Crippen LogP contribution in [0.5, 0.6) is 0 Å². The van der Waals surface area contributed by atoms with Gasteiger partial charge in [0.2, 0.25) is 0 Å². The second-order valence-electron chi connectivity index (χ2n) is 4.54. The zero-order valence-electron chi connectivity index (χ0n) is 10.4. The Kier molecular flexibility index (Phi) is 2.28. The van der Waals surface area contributed by atoms with Gasteiger partial charge < -0.3 is 10.2 Å². The Bertz CT molecular complexity index is 939. The maximum Gasteiger partial charge on any atom is 0.157 e. The Balaban J connectivity index is 2.08. The summed E-state index contributed by atoms with van der Waals surface area (Å²) in [5, 5.41) is 1.55. The maximum atomic E-state index is 6.19. The van der Waals surface area contributed by atoms with Crippen LogP contribution in [0.3, 0.4) is 0 Å². The Morgan fingerprint density at radius 1 is 1.15 bits per heavy atom. The minimum atomic E-state index is 0.550. The molecule has 5 heteroatoms. The second-order valence-corrected chi connectivity index (χ2v) is 4.95. The molecule has 0 spiro atoms. The van der Waals surface area contributed by atoms with Gasteiger partial charge in [0.15, 0.2) is 5.65 Å². The fourth-order valence-corrected chi connectivity index (χ4v) is 2.62. The number of benzene rings is 1. The summed E-state index contributed by atoms with van der Waals surface area (Å²) in [6, 6.07) is 11.4. The first-order valence-electron chi connectivity index (χ1n) is 6.14. The Morgan fingerprint density at radius 2 is 2.00 bits per heavy atom. The third-order valence-electron chi connectivity index (χ3n) is 3.38. The molecule has 20 heavy (non-hydrogen) atoms. The first kappa shape index (κ1) is 11.4. The number of para-hydroxylation sites is 1. The van der Waals surface area contributed by atoms with Crippen molar-refractivity contribution in [3.05, 3.63) is 53.9 Å².